The normalized spacial score (nSPS) is 20.0. The average Bonchev–Trinajstić information content (AvgIpc) is 3.16. The zero-order valence-corrected chi connectivity index (χ0v) is 20.3. The van der Waals surface area contributed by atoms with E-state index in [-0.39, 0.29) is 36.3 Å². The van der Waals surface area contributed by atoms with Gasteiger partial charge < -0.3 is 20.5 Å². The first kappa shape index (κ1) is 24.8. The number of hydrogen-bond donors (Lipinski definition) is 3. The highest BCUT2D eigenvalue weighted by Gasteiger charge is 2.32. The van der Waals surface area contributed by atoms with Gasteiger partial charge in [0.2, 0.25) is 5.91 Å². The third-order valence-corrected chi connectivity index (χ3v) is 7.03. The van der Waals surface area contributed by atoms with Gasteiger partial charge in [0, 0.05) is 17.9 Å². The van der Waals surface area contributed by atoms with E-state index in [4.69, 9.17) is 4.74 Å². The SMILES string of the molecule is CC(C)CC(NC(=O)[C@@H]1CCC[C@H](NC(=O)OCC2c3ccccc3-c3ccccc32)C1)C(=O)O. The van der Waals surface area contributed by atoms with Gasteiger partial charge >= 0.3 is 12.1 Å². The highest BCUT2D eigenvalue weighted by Crippen LogP contribution is 2.44. The van der Waals surface area contributed by atoms with Crippen LogP contribution in [-0.4, -0.2) is 41.8 Å². The number of hydrogen-bond acceptors (Lipinski definition) is 4. The molecular weight excluding hydrogens is 444 g/mol. The molecule has 0 heterocycles. The van der Waals surface area contributed by atoms with Gasteiger partial charge in [-0.25, -0.2) is 9.59 Å². The molecule has 2 aromatic rings. The van der Waals surface area contributed by atoms with E-state index >= 15 is 0 Å². The van der Waals surface area contributed by atoms with Crippen molar-refractivity contribution in [2.45, 2.75) is 64.0 Å². The summed E-state index contributed by atoms with van der Waals surface area (Å²) in [5, 5.41) is 15.0. The molecule has 0 aliphatic heterocycles. The Balaban J connectivity index is 1.31. The maximum atomic E-state index is 12.7. The Bertz CT molecular complexity index is 1040. The van der Waals surface area contributed by atoms with Crippen molar-refractivity contribution in [1.29, 1.82) is 0 Å². The van der Waals surface area contributed by atoms with E-state index < -0.39 is 18.1 Å². The Labute approximate surface area is 206 Å². The lowest BCUT2D eigenvalue weighted by molar-refractivity contribution is -0.143. The Morgan fingerprint density at radius 2 is 1.63 bits per heavy atom. The van der Waals surface area contributed by atoms with Gasteiger partial charge in [-0.2, -0.15) is 0 Å². The smallest absolute Gasteiger partial charge is 0.407 e. The van der Waals surface area contributed by atoms with Crippen LogP contribution in [0.2, 0.25) is 0 Å². The molecule has 7 heteroatoms. The zero-order valence-electron chi connectivity index (χ0n) is 20.3. The monoisotopic (exact) mass is 478 g/mol. The fraction of sp³-hybridized carbons (Fsp3) is 0.464. The van der Waals surface area contributed by atoms with E-state index in [9.17, 15) is 19.5 Å². The second kappa shape index (κ2) is 10.9. The van der Waals surface area contributed by atoms with E-state index in [1.54, 1.807) is 0 Å². The summed E-state index contributed by atoms with van der Waals surface area (Å²) in [4.78, 5) is 36.9. The molecule has 186 valence electrons. The zero-order chi connectivity index (χ0) is 24.9. The first-order valence-corrected chi connectivity index (χ1v) is 12.5. The summed E-state index contributed by atoms with van der Waals surface area (Å²) < 4.78 is 5.65. The first-order valence-electron chi connectivity index (χ1n) is 12.5. The summed E-state index contributed by atoms with van der Waals surface area (Å²) in [6.07, 6.45) is 2.61. The minimum absolute atomic E-state index is 0.00746. The number of carboxylic acids is 1. The number of carbonyl (C=O) groups excluding carboxylic acids is 2. The molecule has 2 aromatic carbocycles. The molecule has 3 N–H and O–H groups in total. The molecule has 0 spiro atoms. The van der Waals surface area contributed by atoms with Gasteiger partial charge in [0.1, 0.15) is 12.6 Å². The summed E-state index contributed by atoms with van der Waals surface area (Å²) >= 11 is 0. The highest BCUT2D eigenvalue weighted by molar-refractivity contribution is 5.85. The standard InChI is InChI=1S/C28H34N2O5/c1-17(2)14-25(27(32)33)30-26(31)18-8-7-9-19(15-18)29-28(34)35-16-24-22-12-5-3-10-20(22)21-11-4-6-13-23(21)24/h3-6,10-13,17-19,24-25H,7-9,14-16H2,1-2H3,(H,29,34)(H,30,31)(H,32,33)/t18-,19+,25?/m1/s1. The predicted molar refractivity (Wildman–Crippen MR) is 133 cm³/mol. The molecule has 2 amide bonds. The Morgan fingerprint density at radius 1 is 1.00 bits per heavy atom. The molecule has 4 rings (SSSR count). The molecule has 3 atom stereocenters. The van der Waals surface area contributed by atoms with Gasteiger partial charge in [0.15, 0.2) is 0 Å². The number of benzene rings is 2. The predicted octanol–water partition coefficient (Wildman–Crippen LogP) is 4.70. The Hall–Kier alpha value is -3.35. The van der Waals surface area contributed by atoms with Crippen LogP contribution < -0.4 is 10.6 Å². The maximum Gasteiger partial charge on any atom is 0.407 e. The molecule has 2 aliphatic carbocycles. The highest BCUT2D eigenvalue weighted by atomic mass is 16.5. The van der Waals surface area contributed by atoms with Crippen molar-refractivity contribution in [2.75, 3.05) is 6.61 Å². The van der Waals surface area contributed by atoms with Crippen molar-refractivity contribution in [3.05, 3.63) is 59.7 Å². The van der Waals surface area contributed by atoms with Crippen molar-refractivity contribution in [2.24, 2.45) is 11.8 Å². The number of aliphatic carboxylic acids is 1. The third-order valence-electron chi connectivity index (χ3n) is 7.03. The lowest BCUT2D eigenvalue weighted by atomic mass is 9.85. The number of ether oxygens (including phenoxy) is 1. The van der Waals surface area contributed by atoms with Crippen LogP contribution in [0.25, 0.3) is 11.1 Å². The number of carbonyl (C=O) groups is 3. The largest absolute Gasteiger partial charge is 0.480 e. The molecule has 0 saturated heterocycles. The van der Waals surface area contributed by atoms with Gasteiger partial charge in [-0.1, -0.05) is 68.8 Å². The van der Waals surface area contributed by atoms with Crippen LogP contribution in [0.4, 0.5) is 4.79 Å². The fourth-order valence-corrected chi connectivity index (χ4v) is 5.35. The van der Waals surface area contributed by atoms with E-state index in [0.717, 1.165) is 24.0 Å². The molecule has 7 nitrogen and oxygen atoms in total. The molecule has 1 unspecified atom stereocenters. The summed E-state index contributed by atoms with van der Waals surface area (Å²) in [5.74, 6) is -1.44. The fourth-order valence-electron chi connectivity index (χ4n) is 5.35. The van der Waals surface area contributed by atoms with Crippen LogP contribution >= 0.6 is 0 Å². The lowest BCUT2D eigenvalue weighted by Crippen LogP contribution is -2.47. The first-order chi connectivity index (χ1) is 16.8. The van der Waals surface area contributed by atoms with Gasteiger partial charge in [-0.15, -0.1) is 0 Å². The van der Waals surface area contributed by atoms with Crippen LogP contribution in [0.1, 0.15) is 63.0 Å². The van der Waals surface area contributed by atoms with Crippen molar-refractivity contribution >= 4 is 18.0 Å². The second-order valence-electron chi connectivity index (χ2n) is 10.1. The van der Waals surface area contributed by atoms with E-state index in [0.29, 0.717) is 19.3 Å². The number of rotatable bonds is 8. The molecule has 1 fully saturated rings. The lowest BCUT2D eigenvalue weighted by Gasteiger charge is -2.30. The van der Waals surface area contributed by atoms with Crippen LogP contribution in [0.3, 0.4) is 0 Å². The van der Waals surface area contributed by atoms with Crippen molar-refractivity contribution in [3.63, 3.8) is 0 Å². The minimum Gasteiger partial charge on any atom is -0.480 e. The van der Waals surface area contributed by atoms with Crippen LogP contribution in [0.15, 0.2) is 48.5 Å². The number of fused-ring (bicyclic) bond motifs is 3. The summed E-state index contributed by atoms with van der Waals surface area (Å²) in [7, 11) is 0. The number of carboxylic acid groups (broad SMARTS) is 1. The van der Waals surface area contributed by atoms with Gasteiger partial charge in [-0.05, 0) is 53.9 Å². The van der Waals surface area contributed by atoms with Gasteiger partial charge in [0.25, 0.3) is 0 Å². The summed E-state index contributed by atoms with van der Waals surface area (Å²) in [6.45, 7) is 4.10. The number of amides is 2. The molecule has 35 heavy (non-hydrogen) atoms. The van der Waals surface area contributed by atoms with Crippen molar-refractivity contribution in [1.82, 2.24) is 10.6 Å². The number of alkyl carbamates (subject to hydrolysis) is 1. The van der Waals surface area contributed by atoms with E-state index in [1.165, 1.54) is 11.1 Å². The summed E-state index contributed by atoms with van der Waals surface area (Å²) in [6, 6.07) is 15.3. The van der Waals surface area contributed by atoms with E-state index in [1.807, 2.05) is 38.1 Å². The van der Waals surface area contributed by atoms with Crippen LogP contribution in [0, 0.1) is 11.8 Å². The van der Waals surface area contributed by atoms with Gasteiger partial charge in [0.05, 0.1) is 0 Å². The molecule has 0 radical (unpaired) electrons. The molecular formula is C28H34N2O5. The number of nitrogens with one attached hydrogen (secondary N) is 2. The molecule has 0 bridgehead atoms. The summed E-state index contributed by atoms with van der Waals surface area (Å²) in [5.41, 5.74) is 4.67. The average molecular weight is 479 g/mol. The quantitative estimate of drug-likeness (QED) is 0.510. The second-order valence-corrected chi connectivity index (χ2v) is 10.1. The van der Waals surface area contributed by atoms with Crippen LogP contribution in [0.5, 0.6) is 0 Å². The van der Waals surface area contributed by atoms with Crippen molar-refractivity contribution in [3.8, 4) is 11.1 Å². The molecule has 0 aromatic heterocycles. The third kappa shape index (κ3) is 5.84. The minimum atomic E-state index is -1.02. The Kier molecular flexibility index (Phi) is 7.73. The maximum absolute atomic E-state index is 12.7. The van der Waals surface area contributed by atoms with Crippen LogP contribution in [-0.2, 0) is 14.3 Å². The van der Waals surface area contributed by atoms with E-state index in [2.05, 4.69) is 34.9 Å². The topological polar surface area (TPSA) is 105 Å². The molecule has 2 aliphatic rings. The van der Waals surface area contributed by atoms with Crippen molar-refractivity contribution < 1.29 is 24.2 Å². The van der Waals surface area contributed by atoms with Gasteiger partial charge in [-0.3, -0.25) is 4.79 Å². The Morgan fingerprint density at radius 3 is 2.23 bits per heavy atom. The molecule has 1 saturated carbocycles.